The first-order chi connectivity index (χ1) is 8.70. The minimum absolute atomic E-state index is 0.126. The highest BCUT2D eigenvalue weighted by atomic mass is 35.5. The largest absolute Gasteiger partial charge is 0.460 e. The monoisotopic (exact) mass is 265 g/mol. The van der Waals surface area contributed by atoms with Gasteiger partial charge in [0.2, 0.25) is 0 Å². The van der Waals surface area contributed by atoms with Gasteiger partial charge in [0, 0.05) is 17.1 Å². The van der Waals surface area contributed by atoms with Gasteiger partial charge in [-0.05, 0) is 30.7 Å². The van der Waals surface area contributed by atoms with Gasteiger partial charge >= 0.3 is 0 Å². The van der Waals surface area contributed by atoms with Crippen molar-refractivity contribution in [2.24, 2.45) is 0 Å². The molecule has 2 N–H and O–H groups in total. The number of aryl methyl sites for hydroxylation is 1. The number of aliphatic hydroxyl groups is 1. The number of hydrogen-bond acceptors (Lipinski definition) is 3. The molecule has 0 amide bonds. The number of rotatable bonds is 5. The molecule has 2 aromatic rings. The molecule has 0 unspecified atom stereocenters. The van der Waals surface area contributed by atoms with E-state index in [0.717, 1.165) is 27.7 Å². The molecular weight excluding hydrogens is 250 g/mol. The Morgan fingerprint density at radius 3 is 2.83 bits per heavy atom. The molecule has 0 fully saturated rings. The number of halogens is 1. The van der Waals surface area contributed by atoms with E-state index < -0.39 is 0 Å². The molecule has 0 saturated carbocycles. The van der Waals surface area contributed by atoms with E-state index in [4.69, 9.17) is 21.1 Å². The molecule has 3 nitrogen and oxygen atoms in total. The Labute approximate surface area is 111 Å². The quantitative estimate of drug-likeness (QED) is 0.817. The Hall–Kier alpha value is -1.29. The molecule has 0 aliphatic heterocycles. The lowest BCUT2D eigenvalue weighted by Crippen LogP contribution is -2.16. The molecule has 2 rings (SSSR count). The summed E-state index contributed by atoms with van der Waals surface area (Å²) in [6.07, 6.45) is 0. The molecule has 1 aromatic carbocycles. The standard InChI is InChI=1S/C14H16ClNO2/c1-10-2-3-11(8-13(10)15)14-5-4-12(18-14)9-16-6-7-17/h2-5,8,16-17H,6-7,9H2,1H3. The highest BCUT2D eigenvalue weighted by Crippen LogP contribution is 2.26. The molecule has 1 aromatic heterocycles. The van der Waals surface area contributed by atoms with Crippen LogP contribution in [-0.2, 0) is 6.54 Å². The van der Waals surface area contributed by atoms with Crippen molar-refractivity contribution >= 4 is 11.6 Å². The third kappa shape index (κ3) is 3.13. The molecule has 0 aliphatic carbocycles. The van der Waals surface area contributed by atoms with Gasteiger partial charge in [-0.2, -0.15) is 0 Å². The Kier molecular flexibility index (Phi) is 4.42. The van der Waals surface area contributed by atoms with Crippen LogP contribution in [0.3, 0.4) is 0 Å². The second-order valence-corrected chi connectivity index (χ2v) is 4.54. The van der Waals surface area contributed by atoms with E-state index in [-0.39, 0.29) is 6.61 Å². The van der Waals surface area contributed by atoms with Crippen molar-refractivity contribution in [2.45, 2.75) is 13.5 Å². The fourth-order valence-electron chi connectivity index (χ4n) is 1.66. The maximum Gasteiger partial charge on any atom is 0.134 e. The van der Waals surface area contributed by atoms with Gasteiger partial charge in [0.15, 0.2) is 0 Å². The summed E-state index contributed by atoms with van der Waals surface area (Å²) >= 11 is 6.09. The van der Waals surface area contributed by atoms with Gasteiger partial charge in [0.25, 0.3) is 0 Å². The van der Waals surface area contributed by atoms with Crippen molar-refractivity contribution in [3.05, 3.63) is 46.7 Å². The summed E-state index contributed by atoms with van der Waals surface area (Å²) in [5.41, 5.74) is 2.02. The molecule has 0 bridgehead atoms. The zero-order chi connectivity index (χ0) is 13.0. The smallest absolute Gasteiger partial charge is 0.134 e. The lowest BCUT2D eigenvalue weighted by atomic mass is 10.1. The van der Waals surface area contributed by atoms with Crippen LogP contribution in [0.25, 0.3) is 11.3 Å². The molecular formula is C14H16ClNO2. The van der Waals surface area contributed by atoms with Crippen LogP contribution in [0, 0.1) is 6.92 Å². The van der Waals surface area contributed by atoms with E-state index in [1.54, 1.807) is 0 Å². The number of aliphatic hydroxyl groups excluding tert-OH is 1. The summed E-state index contributed by atoms with van der Waals surface area (Å²) in [5, 5.41) is 12.5. The first kappa shape index (κ1) is 13.1. The average molecular weight is 266 g/mol. The van der Waals surface area contributed by atoms with Crippen molar-refractivity contribution in [1.82, 2.24) is 5.32 Å². The predicted molar refractivity (Wildman–Crippen MR) is 72.7 cm³/mol. The van der Waals surface area contributed by atoms with E-state index >= 15 is 0 Å². The van der Waals surface area contributed by atoms with E-state index in [0.29, 0.717) is 13.1 Å². The molecule has 4 heteroatoms. The number of furan rings is 1. The second-order valence-electron chi connectivity index (χ2n) is 4.13. The van der Waals surface area contributed by atoms with Crippen molar-refractivity contribution in [2.75, 3.05) is 13.2 Å². The van der Waals surface area contributed by atoms with Crippen LogP contribution in [0.4, 0.5) is 0 Å². The van der Waals surface area contributed by atoms with Crippen LogP contribution < -0.4 is 5.32 Å². The van der Waals surface area contributed by atoms with Crippen molar-refractivity contribution in [1.29, 1.82) is 0 Å². The molecule has 1 heterocycles. The summed E-state index contributed by atoms with van der Waals surface area (Å²) < 4.78 is 5.71. The summed E-state index contributed by atoms with van der Waals surface area (Å²) in [7, 11) is 0. The minimum atomic E-state index is 0.126. The molecule has 0 atom stereocenters. The Morgan fingerprint density at radius 2 is 2.11 bits per heavy atom. The maximum absolute atomic E-state index is 8.68. The molecule has 0 spiro atoms. The van der Waals surface area contributed by atoms with E-state index in [1.807, 2.05) is 37.3 Å². The normalized spacial score (nSPS) is 10.8. The Bertz CT molecular complexity index is 522. The average Bonchev–Trinajstić information content (AvgIpc) is 2.82. The lowest BCUT2D eigenvalue weighted by molar-refractivity contribution is 0.290. The lowest BCUT2D eigenvalue weighted by Gasteiger charge is -2.02. The minimum Gasteiger partial charge on any atom is -0.460 e. The highest BCUT2D eigenvalue weighted by Gasteiger charge is 2.06. The fourth-order valence-corrected chi connectivity index (χ4v) is 1.85. The van der Waals surface area contributed by atoms with Crippen molar-refractivity contribution in [3.63, 3.8) is 0 Å². The topological polar surface area (TPSA) is 45.4 Å². The predicted octanol–water partition coefficient (Wildman–Crippen LogP) is 2.99. The molecule has 96 valence electrons. The third-order valence-electron chi connectivity index (χ3n) is 2.71. The Morgan fingerprint density at radius 1 is 1.28 bits per heavy atom. The fraction of sp³-hybridized carbons (Fsp3) is 0.286. The first-order valence-electron chi connectivity index (χ1n) is 5.87. The zero-order valence-electron chi connectivity index (χ0n) is 10.2. The van der Waals surface area contributed by atoms with Gasteiger partial charge in [0.1, 0.15) is 11.5 Å². The number of benzene rings is 1. The number of hydrogen-bond donors (Lipinski definition) is 2. The van der Waals surface area contributed by atoms with E-state index in [1.165, 1.54) is 0 Å². The van der Waals surface area contributed by atoms with Crippen molar-refractivity contribution in [3.8, 4) is 11.3 Å². The first-order valence-corrected chi connectivity index (χ1v) is 6.25. The van der Waals surface area contributed by atoms with Crippen LogP contribution in [-0.4, -0.2) is 18.3 Å². The van der Waals surface area contributed by atoms with Gasteiger partial charge < -0.3 is 14.8 Å². The van der Waals surface area contributed by atoms with Crippen LogP contribution in [0.1, 0.15) is 11.3 Å². The molecule has 0 saturated heterocycles. The third-order valence-corrected chi connectivity index (χ3v) is 3.11. The van der Waals surface area contributed by atoms with Gasteiger partial charge in [-0.3, -0.25) is 0 Å². The van der Waals surface area contributed by atoms with Gasteiger partial charge in [-0.15, -0.1) is 0 Å². The van der Waals surface area contributed by atoms with Crippen LogP contribution in [0.5, 0.6) is 0 Å². The maximum atomic E-state index is 8.68. The van der Waals surface area contributed by atoms with Crippen LogP contribution >= 0.6 is 11.6 Å². The molecule has 0 aliphatic rings. The highest BCUT2D eigenvalue weighted by molar-refractivity contribution is 6.31. The summed E-state index contributed by atoms with van der Waals surface area (Å²) in [5.74, 6) is 1.65. The molecule has 18 heavy (non-hydrogen) atoms. The summed E-state index contributed by atoms with van der Waals surface area (Å²) in [6, 6.07) is 9.72. The van der Waals surface area contributed by atoms with E-state index in [2.05, 4.69) is 5.32 Å². The second kappa shape index (κ2) is 6.05. The van der Waals surface area contributed by atoms with Gasteiger partial charge in [0.05, 0.1) is 13.2 Å². The molecule has 0 radical (unpaired) electrons. The van der Waals surface area contributed by atoms with Gasteiger partial charge in [-0.1, -0.05) is 23.7 Å². The SMILES string of the molecule is Cc1ccc(-c2ccc(CNCCO)o2)cc1Cl. The van der Waals surface area contributed by atoms with Crippen LogP contribution in [0.2, 0.25) is 5.02 Å². The van der Waals surface area contributed by atoms with Gasteiger partial charge in [-0.25, -0.2) is 0 Å². The van der Waals surface area contributed by atoms with Crippen molar-refractivity contribution < 1.29 is 9.52 Å². The van der Waals surface area contributed by atoms with Crippen LogP contribution in [0.15, 0.2) is 34.7 Å². The summed E-state index contributed by atoms with van der Waals surface area (Å²) in [6.45, 7) is 3.27. The Balaban J connectivity index is 2.11. The summed E-state index contributed by atoms with van der Waals surface area (Å²) in [4.78, 5) is 0. The zero-order valence-corrected chi connectivity index (χ0v) is 11.0. The van der Waals surface area contributed by atoms with E-state index in [9.17, 15) is 0 Å². The number of nitrogens with one attached hydrogen (secondary N) is 1.